The molecule has 1 aliphatic heterocycles. The van der Waals surface area contributed by atoms with E-state index in [0.717, 1.165) is 31.6 Å². The number of hydrogen-bond acceptors (Lipinski definition) is 3. The van der Waals surface area contributed by atoms with Gasteiger partial charge in [-0.25, -0.2) is 0 Å². The smallest absolute Gasteiger partial charge is 0.237 e. The van der Waals surface area contributed by atoms with E-state index in [4.69, 9.17) is 4.74 Å². The third-order valence-electron chi connectivity index (χ3n) is 3.54. The van der Waals surface area contributed by atoms with Gasteiger partial charge in [-0.2, -0.15) is 0 Å². The van der Waals surface area contributed by atoms with E-state index in [2.05, 4.69) is 10.6 Å². The van der Waals surface area contributed by atoms with Gasteiger partial charge >= 0.3 is 0 Å². The van der Waals surface area contributed by atoms with Crippen molar-refractivity contribution in [1.82, 2.24) is 10.6 Å². The molecule has 2 atom stereocenters. The van der Waals surface area contributed by atoms with Gasteiger partial charge in [0.25, 0.3) is 0 Å². The van der Waals surface area contributed by atoms with Crippen LogP contribution in [0.2, 0.25) is 0 Å². The van der Waals surface area contributed by atoms with Gasteiger partial charge in [-0.3, -0.25) is 4.79 Å². The number of carbonyl (C=O) groups excluding carboxylic acids is 1. The second kappa shape index (κ2) is 7.29. The molecule has 0 aromatic heterocycles. The van der Waals surface area contributed by atoms with Crippen LogP contribution in [0.4, 0.5) is 0 Å². The second-order valence-corrected chi connectivity index (χ2v) is 5.54. The molecule has 2 N–H and O–H groups in total. The summed E-state index contributed by atoms with van der Waals surface area (Å²) in [6.07, 6.45) is 3.21. The maximum absolute atomic E-state index is 12.0. The first kappa shape index (κ1) is 14.9. The van der Waals surface area contributed by atoms with Gasteiger partial charge in [-0.1, -0.05) is 24.1 Å². The highest BCUT2D eigenvalue weighted by molar-refractivity contribution is 5.82. The molecule has 110 valence electrons. The van der Waals surface area contributed by atoms with Crippen LogP contribution in [-0.2, 0) is 4.79 Å². The van der Waals surface area contributed by atoms with Crippen molar-refractivity contribution < 1.29 is 9.53 Å². The van der Waals surface area contributed by atoms with Gasteiger partial charge in [0.15, 0.2) is 0 Å². The maximum Gasteiger partial charge on any atom is 0.237 e. The number of rotatable bonds is 5. The Kier molecular flexibility index (Phi) is 5.41. The van der Waals surface area contributed by atoms with Gasteiger partial charge in [0.2, 0.25) is 5.91 Å². The molecule has 2 unspecified atom stereocenters. The minimum absolute atomic E-state index is 0.00697. The van der Waals surface area contributed by atoms with Crippen molar-refractivity contribution in [1.29, 1.82) is 0 Å². The molecule has 4 nitrogen and oxygen atoms in total. The van der Waals surface area contributed by atoms with Crippen molar-refractivity contribution >= 4 is 5.91 Å². The Bertz CT molecular complexity index is 425. The summed E-state index contributed by atoms with van der Waals surface area (Å²) in [5, 5.41) is 6.26. The van der Waals surface area contributed by atoms with Gasteiger partial charge in [0.05, 0.1) is 12.1 Å². The molecule has 0 aliphatic carbocycles. The first-order valence-electron chi connectivity index (χ1n) is 7.38. The summed E-state index contributed by atoms with van der Waals surface area (Å²) in [5.74, 6) is 0.928. The largest absolute Gasteiger partial charge is 0.491 e. The van der Waals surface area contributed by atoms with Crippen LogP contribution in [0.3, 0.4) is 0 Å². The SMILES string of the molecule is Cc1ccc(OCC(C)NC(=O)C2CCCCN2)cc1. The molecule has 1 fully saturated rings. The zero-order chi connectivity index (χ0) is 14.4. The molecular formula is C16H24N2O2. The minimum Gasteiger partial charge on any atom is -0.491 e. The highest BCUT2D eigenvalue weighted by Crippen LogP contribution is 2.12. The fourth-order valence-corrected chi connectivity index (χ4v) is 2.32. The lowest BCUT2D eigenvalue weighted by molar-refractivity contribution is -0.124. The molecule has 1 saturated heterocycles. The number of nitrogens with one attached hydrogen (secondary N) is 2. The summed E-state index contributed by atoms with van der Waals surface area (Å²) in [6, 6.07) is 7.91. The molecule has 20 heavy (non-hydrogen) atoms. The molecule has 1 aromatic rings. The normalized spacial score (nSPS) is 20.2. The van der Waals surface area contributed by atoms with E-state index in [9.17, 15) is 4.79 Å². The zero-order valence-corrected chi connectivity index (χ0v) is 12.3. The molecule has 1 aliphatic rings. The van der Waals surface area contributed by atoms with Crippen LogP contribution in [0.25, 0.3) is 0 Å². The Hall–Kier alpha value is -1.55. The third kappa shape index (κ3) is 4.53. The minimum atomic E-state index is -0.0365. The highest BCUT2D eigenvalue weighted by atomic mass is 16.5. The molecule has 1 amide bonds. The van der Waals surface area contributed by atoms with E-state index in [1.54, 1.807) is 0 Å². The molecule has 1 aromatic carbocycles. The van der Waals surface area contributed by atoms with Crippen LogP contribution in [0.15, 0.2) is 24.3 Å². The Morgan fingerprint density at radius 2 is 2.15 bits per heavy atom. The van der Waals surface area contributed by atoms with Gasteiger partial charge in [0, 0.05) is 0 Å². The molecule has 1 heterocycles. The predicted molar refractivity (Wildman–Crippen MR) is 79.9 cm³/mol. The lowest BCUT2D eigenvalue weighted by Crippen LogP contribution is -2.50. The predicted octanol–water partition coefficient (Wildman–Crippen LogP) is 2.02. The van der Waals surface area contributed by atoms with Crippen LogP contribution in [0.5, 0.6) is 5.75 Å². The van der Waals surface area contributed by atoms with Crippen molar-refractivity contribution in [2.24, 2.45) is 0 Å². The fraction of sp³-hybridized carbons (Fsp3) is 0.562. The van der Waals surface area contributed by atoms with Gasteiger partial charge in [-0.15, -0.1) is 0 Å². The molecule has 0 spiro atoms. The summed E-state index contributed by atoms with van der Waals surface area (Å²) in [7, 11) is 0. The van der Waals surface area contributed by atoms with Crippen molar-refractivity contribution in [3.05, 3.63) is 29.8 Å². The molecule has 0 radical (unpaired) electrons. The second-order valence-electron chi connectivity index (χ2n) is 5.54. The van der Waals surface area contributed by atoms with E-state index >= 15 is 0 Å². The number of aryl methyl sites for hydroxylation is 1. The molecule has 4 heteroatoms. The van der Waals surface area contributed by atoms with Crippen molar-refractivity contribution in [3.63, 3.8) is 0 Å². The van der Waals surface area contributed by atoms with Crippen molar-refractivity contribution in [3.8, 4) is 5.75 Å². The number of hydrogen-bond donors (Lipinski definition) is 2. The fourth-order valence-electron chi connectivity index (χ4n) is 2.32. The standard InChI is InChI=1S/C16H24N2O2/c1-12-6-8-14(9-7-12)20-11-13(2)18-16(19)15-5-3-4-10-17-15/h6-9,13,15,17H,3-5,10-11H2,1-2H3,(H,18,19). The topological polar surface area (TPSA) is 50.4 Å². The number of amides is 1. The van der Waals surface area contributed by atoms with Crippen molar-refractivity contribution in [2.45, 2.75) is 45.2 Å². The molecule has 0 bridgehead atoms. The first-order chi connectivity index (χ1) is 9.65. The third-order valence-corrected chi connectivity index (χ3v) is 3.54. The maximum atomic E-state index is 12.0. The quantitative estimate of drug-likeness (QED) is 0.865. The summed E-state index contributed by atoms with van der Waals surface area (Å²) in [5.41, 5.74) is 1.21. The average molecular weight is 276 g/mol. The zero-order valence-electron chi connectivity index (χ0n) is 12.3. The summed E-state index contributed by atoms with van der Waals surface area (Å²) in [6.45, 7) is 5.44. The van der Waals surface area contributed by atoms with Crippen LogP contribution in [0.1, 0.15) is 31.7 Å². The number of piperidine rings is 1. The Balaban J connectivity index is 1.73. The Morgan fingerprint density at radius 1 is 1.40 bits per heavy atom. The molecule has 0 saturated carbocycles. The Morgan fingerprint density at radius 3 is 2.80 bits per heavy atom. The van der Waals surface area contributed by atoms with E-state index in [-0.39, 0.29) is 18.0 Å². The van der Waals surface area contributed by atoms with Crippen LogP contribution in [-0.4, -0.2) is 31.1 Å². The van der Waals surface area contributed by atoms with Gasteiger partial charge in [-0.05, 0) is 45.4 Å². The van der Waals surface area contributed by atoms with Crippen LogP contribution < -0.4 is 15.4 Å². The van der Waals surface area contributed by atoms with E-state index in [0.29, 0.717) is 6.61 Å². The number of ether oxygens (including phenoxy) is 1. The summed E-state index contributed by atoms with van der Waals surface area (Å²) in [4.78, 5) is 12.0. The monoisotopic (exact) mass is 276 g/mol. The number of carbonyl (C=O) groups is 1. The van der Waals surface area contributed by atoms with E-state index < -0.39 is 0 Å². The Labute approximate surface area is 120 Å². The van der Waals surface area contributed by atoms with Crippen LogP contribution >= 0.6 is 0 Å². The lowest BCUT2D eigenvalue weighted by atomic mass is 10.0. The van der Waals surface area contributed by atoms with E-state index in [1.165, 1.54) is 5.56 Å². The molecular weight excluding hydrogens is 252 g/mol. The van der Waals surface area contributed by atoms with Gasteiger partial charge in [0.1, 0.15) is 12.4 Å². The highest BCUT2D eigenvalue weighted by Gasteiger charge is 2.21. The van der Waals surface area contributed by atoms with Gasteiger partial charge < -0.3 is 15.4 Å². The average Bonchev–Trinajstić information content (AvgIpc) is 2.47. The summed E-state index contributed by atoms with van der Waals surface area (Å²) >= 11 is 0. The van der Waals surface area contributed by atoms with Crippen molar-refractivity contribution in [2.75, 3.05) is 13.2 Å². The summed E-state index contributed by atoms with van der Waals surface area (Å²) < 4.78 is 5.68. The molecule has 2 rings (SSSR count). The van der Waals surface area contributed by atoms with E-state index in [1.807, 2.05) is 38.1 Å². The van der Waals surface area contributed by atoms with Crippen LogP contribution in [0, 0.1) is 6.92 Å². The first-order valence-corrected chi connectivity index (χ1v) is 7.38. The lowest BCUT2D eigenvalue weighted by Gasteiger charge is -2.24. The number of benzene rings is 1.